The fraction of sp³-hybridized carbons (Fsp3) is 0.286. The number of nitrogens with one attached hydrogen (secondary N) is 1. The summed E-state index contributed by atoms with van der Waals surface area (Å²) in [6.45, 7) is 5.19. The average molecular weight is 298 g/mol. The van der Waals surface area contributed by atoms with E-state index >= 15 is 0 Å². The van der Waals surface area contributed by atoms with Crippen LogP contribution in [-0.2, 0) is 22.2 Å². The van der Waals surface area contributed by atoms with Crippen molar-refractivity contribution in [3.05, 3.63) is 40.9 Å². The molecule has 1 aromatic rings. The number of ether oxygens (including phenoxy) is 1. The number of anilines is 1. The predicted octanol–water partition coefficient (Wildman–Crippen LogP) is -0.274. The van der Waals surface area contributed by atoms with Crippen LogP contribution in [0.5, 0.6) is 0 Å². The molecule has 1 N–H and O–H groups in total. The number of rotatable bonds is 3. The van der Waals surface area contributed by atoms with Crippen LogP contribution >= 0.6 is 0 Å². The third kappa shape index (κ3) is 6.40. The quantitative estimate of drug-likeness (QED) is 0.274. The zero-order valence-corrected chi connectivity index (χ0v) is 14.9. The predicted molar refractivity (Wildman–Crippen MR) is 75.9 cm³/mol. The Balaban J connectivity index is 0.00000361. The Morgan fingerprint density at radius 2 is 1.85 bits per heavy atom. The van der Waals surface area contributed by atoms with E-state index < -0.39 is 11.6 Å². The van der Waals surface area contributed by atoms with Gasteiger partial charge in [-0.2, -0.15) is 5.26 Å². The first-order valence-electron chi connectivity index (χ1n) is 5.70. The van der Waals surface area contributed by atoms with E-state index in [1.165, 1.54) is 0 Å². The number of nitriles is 1. The molecule has 0 fully saturated rings. The molecule has 0 radical (unpaired) electrons. The molecule has 0 aliphatic carbocycles. The molecule has 100 valence electrons. The Labute approximate surface area is 146 Å². The van der Waals surface area contributed by atoms with E-state index in [1.54, 1.807) is 39.0 Å². The van der Waals surface area contributed by atoms with Gasteiger partial charge in [0.25, 0.3) is 0 Å². The van der Waals surface area contributed by atoms with Crippen LogP contribution in [0, 0.1) is 11.3 Å². The fourth-order valence-corrected chi connectivity index (χ4v) is 1.48. The van der Waals surface area contributed by atoms with Crippen LogP contribution in [0.1, 0.15) is 20.8 Å². The van der Waals surface area contributed by atoms with Crippen molar-refractivity contribution in [1.82, 2.24) is 0 Å². The zero-order chi connectivity index (χ0) is 14.5. The van der Waals surface area contributed by atoms with Crippen molar-refractivity contribution in [3.8, 4) is 6.07 Å². The summed E-state index contributed by atoms with van der Waals surface area (Å²) < 4.78 is 5.12. The average Bonchev–Trinajstić information content (AvgIpc) is 2.28. The minimum atomic E-state index is -0.719. The summed E-state index contributed by atoms with van der Waals surface area (Å²) in [6.07, 6.45) is 0. The first kappa shape index (κ1) is 18.9. The van der Waals surface area contributed by atoms with Gasteiger partial charge < -0.3 is 22.7 Å². The zero-order valence-electron chi connectivity index (χ0n) is 12.1. The summed E-state index contributed by atoms with van der Waals surface area (Å²) >= 11 is 5.05. The number of benzene rings is 1. The molecule has 6 heteroatoms. The van der Waals surface area contributed by atoms with E-state index in [9.17, 15) is 4.79 Å². The molecular formula is C14H15N2NaO2S. The molecule has 4 nitrogen and oxygen atoms in total. The maximum Gasteiger partial charge on any atom is 1.00 e. The summed E-state index contributed by atoms with van der Waals surface area (Å²) in [7, 11) is 0. The summed E-state index contributed by atoms with van der Waals surface area (Å²) in [5.41, 5.74) is -0.153. The summed E-state index contributed by atoms with van der Waals surface area (Å²) in [5, 5.41) is 11.9. The first-order valence-corrected chi connectivity index (χ1v) is 6.11. The second kappa shape index (κ2) is 8.28. The van der Waals surface area contributed by atoms with Crippen LogP contribution in [0.4, 0.5) is 5.69 Å². The number of nitrogens with zero attached hydrogens (tertiary/aromatic N) is 1. The van der Waals surface area contributed by atoms with Gasteiger partial charge in [-0.3, -0.25) is 0 Å². The molecule has 0 spiro atoms. The van der Waals surface area contributed by atoms with Crippen molar-refractivity contribution in [1.29, 1.82) is 5.26 Å². The largest absolute Gasteiger partial charge is 1.00 e. The van der Waals surface area contributed by atoms with Crippen molar-refractivity contribution >= 4 is 24.3 Å². The molecular weight excluding hydrogens is 283 g/mol. The van der Waals surface area contributed by atoms with Crippen molar-refractivity contribution in [2.24, 2.45) is 0 Å². The van der Waals surface area contributed by atoms with Gasteiger partial charge in [-0.15, -0.1) is 0 Å². The van der Waals surface area contributed by atoms with E-state index in [0.717, 1.165) is 0 Å². The standard InChI is InChI=1S/C14H16N2O2S.Na/c1-14(2,3)18-13(17)11(9-15)12(19)16-10-7-5-4-6-8-10;/h4-8,16,19H,1-3H3;/q;+1/p-1/b12-11+;. The Morgan fingerprint density at radius 1 is 1.30 bits per heavy atom. The molecule has 0 aromatic heterocycles. The maximum absolute atomic E-state index is 11.8. The van der Waals surface area contributed by atoms with Crippen molar-refractivity contribution in [3.63, 3.8) is 0 Å². The van der Waals surface area contributed by atoms with Gasteiger partial charge in [-0.05, 0) is 32.9 Å². The third-order valence-corrected chi connectivity index (χ3v) is 2.28. The fourth-order valence-electron chi connectivity index (χ4n) is 1.23. The molecule has 1 rings (SSSR count). The monoisotopic (exact) mass is 298 g/mol. The minimum absolute atomic E-state index is 0. The van der Waals surface area contributed by atoms with Gasteiger partial charge in [-0.1, -0.05) is 23.2 Å². The molecule has 0 aliphatic rings. The molecule has 0 unspecified atom stereocenters. The number of para-hydroxylation sites is 1. The van der Waals surface area contributed by atoms with Crippen LogP contribution in [-0.4, -0.2) is 11.6 Å². The number of hydrogen-bond donors (Lipinski definition) is 1. The molecule has 0 amide bonds. The van der Waals surface area contributed by atoms with E-state index in [1.807, 2.05) is 18.2 Å². The van der Waals surface area contributed by atoms with Gasteiger partial charge in [0.05, 0.1) is 0 Å². The number of esters is 1. The Morgan fingerprint density at radius 3 is 2.30 bits per heavy atom. The van der Waals surface area contributed by atoms with Gasteiger partial charge in [0, 0.05) is 5.69 Å². The summed E-state index contributed by atoms with van der Waals surface area (Å²) in [6, 6.07) is 10.9. The summed E-state index contributed by atoms with van der Waals surface area (Å²) in [4.78, 5) is 11.8. The van der Waals surface area contributed by atoms with Gasteiger partial charge in [0.2, 0.25) is 0 Å². The van der Waals surface area contributed by atoms with Gasteiger partial charge in [0.15, 0.2) is 0 Å². The van der Waals surface area contributed by atoms with Crippen LogP contribution in [0.15, 0.2) is 40.9 Å². The Kier molecular flexibility index (Phi) is 7.84. The Hall–Kier alpha value is -1.06. The van der Waals surface area contributed by atoms with Crippen molar-refractivity contribution in [2.75, 3.05) is 5.32 Å². The molecule has 0 saturated heterocycles. The summed E-state index contributed by atoms with van der Waals surface area (Å²) in [5.74, 6) is -0.719. The Bertz CT molecular complexity index is 530. The molecule has 0 atom stereocenters. The second-order valence-electron chi connectivity index (χ2n) is 4.81. The molecule has 0 heterocycles. The SMILES string of the molecule is CC(C)(C)OC(=O)/C(C#N)=C(/[S-])Nc1ccccc1.[Na+]. The minimum Gasteiger partial charge on any atom is -0.761 e. The second-order valence-corrected chi connectivity index (χ2v) is 5.22. The first-order chi connectivity index (χ1) is 8.83. The van der Waals surface area contributed by atoms with Crippen LogP contribution < -0.4 is 34.9 Å². The van der Waals surface area contributed by atoms with Gasteiger partial charge >= 0.3 is 35.5 Å². The van der Waals surface area contributed by atoms with E-state index in [0.29, 0.717) is 5.69 Å². The number of carbonyl (C=O) groups excluding carboxylic acids is 1. The molecule has 0 bridgehead atoms. The third-order valence-electron chi connectivity index (χ3n) is 1.97. The number of hydrogen-bond acceptors (Lipinski definition) is 5. The molecule has 0 aliphatic heterocycles. The number of carbonyl (C=O) groups is 1. The van der Waals surface area contributed by atoms with Crippen LogP contribution in [0.25, 0.3) is 0 Å². The molecule has 20 heavy (non-hydrogen) atoms. The van der Waals surface area contributed by atoms with Gasteiger partial charge in [0.1, 0.15) is 17.2 Å². The van der Waals surface area contributed by atoms with Crippen molar-refractivity contribution in [2.45, 2.75) is 26.4 Å². The van der Waals surface area contributed by atoms with E-state index in [2.05, 4.69) is 5.32 Å². The van der Waals surface area contributed by atoms with Gasteiger partial charge in [-0.25, -0.2) is 4.79 Å². The smallest absolute Gasteiger partial charge is 0.761 e. The van der Waals surface area contributed by atoms with Crippen LogP contribution in [0.3, 0.4) is 0 Å². The maximum atomic E-state index is 11.8. The van der Waals surface area contributed by atoms with Crippen LogP contribution in [0.2, 0.25) is 0 Å². The van der Waals surface area contributed by atoms with E-state index in [4.69, 9.17) is 22.6 Å². The molecule has 1 aromatic carbocycles. The normalized spacial score (nSPS) is 11.5. The van der Waals surface area contributed by atoms with E-state index in [-0.39, 0.29) is 40.2 Å². The topological polar surface area (TPSA) is 62.1 Å². The molecule has 0 saturated carbocycles. The van der Waals surface area contributed by atoms with Crippen molar-refractivity contribution < 1.29 is 39.1 Å².